The Morgan fingerprint density at radius 2 is 1.86 bits per heavy atom. The molecule has 2 N–H and O–H groups in total. The summed E-state index contributed by atoms with van der Waals surface area (Å²) in [4.78, 5) is 27.3. The van der Waals surface area contributed by atoms with E-state index in [1.165, 1.54) is 11.1 Å². The molecular weight excluding hydrogens is 354 g/mol. The number of rotatable bonds is 7. The van der Waals surface area contributed by atoms with Gasteiger partial charge in [-0.15, -0.1) is 0 Å². The van der Waals surface area contributed by atoms with Gasteiger partial charge in [-0.05, 0) is 56.7 Å². The predicted octanol–water partition coefficient (Wildman–Crippen LogP) is 3.32. The van der Waals surface area contributed by atoms with Gasteiger partial charge in [-0.2, -0.15) is 0 Å². The van der Waals surface area contributed by atoms with Crippen LogP contribution < -0.4 is 5.32 Å². The molecule has 6 nitrogen and oxygen atoms in total. The van der Waals surface area contributed by atoms with Crippen molar-refractivity contribution >= 4 is 12.0 Å². The van der Waals surface area contributed by atoms with E-state index in [1.54, 1.807) is 0 Å². The van der Waals surface area contributed by atoms with Gasteiger partial charge in [-0.25, -0.2) is 4.79 Å². The normalized spacial score (nSPS) is 18.8. The molecule has 0 radical (unpaired) electrons. The highest BCUT2D eigenvalue weighted by atomic mass is 16.4. The molecule has 1 aliphatic rings. The molecule has 0 aliphatic carbocycles. The second-order valence-electron chi connectivity index (χ2n) is 8.33. The highest BCUT2D eigenvalue weighted by molar-refractivity contribution is 5.74. The van der Waals surface area contributed by atoms with E-state index in [4.69, 9.17) is 5.11 Å². The molecule has 28 heavy (non-hydrogen) atoms. The summed E-state index contributed by atoms with van der Waals surface area (Å²) in [7, 11) is 1.85. The molecule has 1 heterocycles. The van der Waals surface area contributed by atoms with Crippen LogP contribution in [0.5, 0.6) is 0 Å². The smallest absolute Gasteiger partial charge is 0.317 e. The number of carboxylic acids is 1. The fraction of sp³-hybridized carbons (Fsp3) is 0.636. The van der Waals surface area contributed by atoms with Crippen LogP contribution in [0, 0.1) is 0 Å². The number of likely N-dealkylation sites (tertiary alicyclic amines) is 1. The number of urea groups is 1. The first kappa shape index (κ1) is 22.2. The first-order valence-corrected chi connectivity index (χ1v) is 10.3. The van der Waals surface area contributed by atoms with Crippen molar-refractivity contribution in [2.24, 2.45) is 0 Å². The molecule has 156 valence electrons. The number of benzene rings is 1. The third-order valence-electron chi connectivity index (χ3n) is 5.55. The molecule has 2 atom stereocenters. The molecule has 6 heteroatoms. The summed E-state index contributed by atoms with van der Waals surface area (Å²) in [6.45, 7) is 7.83. The summed E-state index contributed by atoms with van der Waals surface area (Å²) in [5.74, 6) is -0.288. The van der Waals surface area contributed by atoms with E-state index in [0.29, 0.717) is 12.5 Å². The fourth-order valence-corrected chi connectivity index (χ4v) is 3.81. The first-order valence-electron chi connectivity index (χ1n) is 10.3. The first-order chi connectivity index (χ1) is 13.3. The van der Waals surface area contributed by atoms with E-state index in [9.17, 15) is 9.59 Å². The van der Waals surface area contributed by atoms with Gasteiger partial charge in [0.25, 0.3) is 0 Å². The van der Waals surface area contributed by atoms with Crippen LogP contribution in [0.2, 0.25) is 0 Å². The Kier molecular flexibility index (Phi) is 8.30. The van der Waals surface area contributed by atoms with Crippen molar-refractivity contribution in [1.29, 1.82) is 0 Å². The van der Waals surface area contributed by atoms with Crippen LogP contribution in [0.4, 0.5) is 4.79 Å². The molecule has 2 amide bonds. The number of nitrogens with zero attached hydrogens (tertiary/aromatic N) is 2. The Morgan fingerprint density at radius 3 is 2.46 bits per heavy atom. The van der Waals surface area contributed by atoms with Crippen LogP contribution in [0.3, 0.4) is 0 Å². The number of carbonyl (C=O) groups is 2. The number of aliphatic carboxylic acids is 1. The van der Waals surface area contributed by atoms with E-state index in [2.05, 4.69) is 43.4 Å². The number of nitrogens with one attached hydrogen (secondary N) is 1. The van der Waals surface area contributed by atoms with E-state index in [0.717, 1.165) is 32.2 Å². The molecule has 2 rings (SSSR count). The van der Waals surface area contributed by atoms with Crippen molar-refractivity contribution < 1.29 is 14.7 Å². The summed E-state index contributed by atoms with van der Waals surface area (Å²) in [5.41, 5.74) is 2.55. The molecule has 1 aromatic rings. The number of amides is 2. The minimum Gasteiger partial charge on any atom is -0.480 e. The average Bonchev–Trinajstić information content (AvgIpc) is 2.87. The molecule has 1 fully saturated rings. The Morgan fingerprint density at radius 1 is 1.18 bits per heavy atom. The minimum atomic E-state index is -0.809. The summed E-state index contributed by atoms with van der Waals surface area (Å²) in [6, 6.07) is 8.87. The van der Waals surface area contributed by atoms with Crippen LogP contribution >= 0.6 is 0 Å². The van der Waals surface area contributed by atoms with Crippen molar-refractivity contribution in [3.05, 3.63) is 35.4 Å². The lowest BCUT2D eigenvalue weighted by Gasteiger charge is -2.26. The lowest BCUT2D eigenvalue weighted by atomic mass is 9.99. The molecular formula is C22H35N3O3. The highest BCUT2D eigenvalue weighted by Crippen LogP contribution is 2.17. The molecule has 0 bridgehead atoms. The third-order valence-corrected chi connectivity index (χ3v) is 5.55. The van der Waals surface area contributed by atoms with Gasteiger partial charge in [0.1, 0.15) is 0 Å². The van der Waals surface area contributed by atoms with E-state index < -0.39 is 5.97 Å². The van der Waals surface area contributed by atoms with E-state index in [-0.39, 0.29) is 24.7 Å². The summed E-state index contributed by atoms with van der Waals surface area (Å²) < 4.78 is 0. The second-order valence-corrected chi connectivity index (χ2v) is 8.33. The number of hydrogen-bond donors (Lipinski definition) is 2. The Labute approximate surface area is 168 Å². The van der Waals surface area contributed by atoms with Gasteiger partial charge in [0.15, 0.2) is 0 Å². The minimum absolute atomic E-state index is 0.0205. The Bertz CT molecular complexity index is 645. The topological polar surface area (TPSA) is 72.9 Å². The third kappa shape index (κ3) is 6.82. The molecule has 1 aliphatic heterocycles. The van der Waals surface area contributed by atoms with Gasteiger partial charge >= 0.3 is 12.0 Å². The maximum Gasteiger partial charge on any atom is 0.317 e. The highest BCUT2D eigenvalue weighted by Gasteiger charge is 2.24. The zero-order valence-electron chi connectivity index (χ0n) is 17.6. The van der Waals surface area contributed by atoms with Crippen molar-refractivity contribution in [3.63, 3.8) is 0 Å². The number of likely N-dealkylation sites (N-methyl/N-ethyl adjacent to an activating group) is 1. The van der Waals surface area contributed by atoms with Crippen molar-refractivity contribution in [3.8, 4) is 0 Å². The molecule has 0 saturated carbocycles. The number of carbonyl (C=O) groups excluding carboxylic acids is 1. The van der Waals surface area contributed by atoms with Gasteiger partial charge in [-0.3, -0.25) is 9.69 Å². The molecule has 1 aromatic carbocycles. The maximum atomic E-state index is 12.7. The van der Waals surface area contributed by atoms with Crippen molar-refractivity contribution in [2.45, 2.75) is 64.5 Å². The summed E-state index contributed by atoms with van der Waals surface area (Å²) in [6.07, 6.45) is 3.43. The van der Waals surface area contributed by atoms with Gasteiger partial charge in [-0.1, -0.05) is 38.1 Å². The quantitative estimate of drug-likeness (QED) is 0.750. The monoisotopic (exact) mass is 389 g/mol. The number of carboxylic acid groups (broad SMARTS) is 1. The van der Waals surface area contributed by atoms with Crippen LogP contribution in [0.1, 0.15) is 57.1 Å². The molecule has 0 spiro atoms. The SMILES string of the molecule is CC(Cc1ccc(C(C)C)cc1)NC(=O)N1CCCC(N(C)CC(=O)O)CC1. The predicted molar refractivity (Wildman–Crippen MR) is 112 cm³/mol. The largest absolute Gasteiger partial charge is 0.480 e. The Hall–Kier alpha value is -2.08. The van der Waals surface area contributed by atoms with Crippen LogP contribution in [-0.2, 0) is 11.2 Å². The van der Waals surface area contributed by atoms with Gasteiger partial charge in [0.2, 0.25) is 0 Å². The van der Waals surface area contributed by atoms with Crippen LogP contribution in [0.15, 0.2) is 24.3 Å². The molecule has 0 aromatic heterocycles. The maximum absolute atomic E-state index is 12.7. The average molecular weight is 390 g/mol. The Balaban J connectivity index is 1.82. The fourth-order valence-electron chi connectivity index (χ4n) is 3.81. The van der Waals surface area contributed by atoms with Gasteiger partial charge in [0, 0.05) is 25.2 Å². The zero-order chi connectivity index (χ0) is 20.7. The number of hydrogen-bond acceptors (Lipinski definition) is 3. The zero-order valence-corrected chi connectivity index (χ0v) is 17.6. The lowest BCUT2D eigenvalue weighted by Crippen LogP contribution is -2.45. The van der Waals surface area contributed by atoms with Crippen LogP contribution in [0.25, 0.3) is 0 Å². The van der Waals surface area contributed by atoms with Crippen molar-refractivity contribution in [1.82, 2.24) is 15.1 Å². The van der Waals surface area contributed by atoms with Gasteiger partial charge in [0.05, 0.1) is 6.54 Å². The lowest BCUT2D eigenvalue weighted by molar-refractivity contribution is -0.138. The summed E-state index contributed by atoms with van der Waals surface area (Å²) in [5, 5.41) is 12.1. The summed E-state index contributed by atoms with van der Waals surface area (Å²) >= 11 is 0. The van der Waals surface area contributed by atoms with Gasteiger partial charge < -0.3 is 15.3 Å². The van der Waals surface area contributed by atoms with E-state index >= 15 is 0 Å². The van der Waals surface area contributed by atoms with E-state index in [1.807, 2.05) is 23.8 Å². The molecule has 2 unspecified atom stereocenters. The molecule has 1 saturated heterocycles. The second kappa shape index (κ2) is 10.5. The van der Waals surface area contributed by atoms with Crippen molar-refractivity contribution in [2.75, 3.05) is 26.7 Å². The van der Waals surface area contributed by atoms with Crippen LogP contribution in [-0.4, -0.2) is 65.7 Å². The standard InChI is InChI=1S/C22H35N3O3/c1-16(2)19-9-7-18(8-10-19)14-17(3)23-22(28)25-12-5-6-20(11-13-25)24(4)15-21(26)27/h7-10,16-17,20H,5-6,11-15H2,1-4H3,(H,23,28)(H,26,27).